The highest BCUT2D eigenvalue weighted by molar-refractivity contribution is 7.11. The summed E-state index contributed by atoms with van der Waals surface area (Å²) in [5.41, 5.74) is 3.05. The van der Waals surface area contributed by atoms with Gasteiger partial charge in [-0.25, -0.2) is 4.98 Å². The van der Waals surface area contributed by atoms with Gasteiger partial charge in [-0.1, -0.05) is 19.4 Å². The number of nitrogens with zero attached hydrogens (tertiary/aromatic N) is 1. The van der Waals surface area contributed by atoms with Crippen molar-refractivity contribution in [3.63, 3.8) is 0 Å². The van der Waals surface area contributed by atoms with Gasteiger partial charge >= 0.3 is 0 Å². The van der Waals surface area contributed by atoms with Gasteiger partial charge in [0.15, 0.2) is 11.3 Å². The van der Waals surface area contributed by atoms with Crippen LogP contribution in [0.4, 0.5) is 0 Å². The van der Waals surface area contributed by atoms with Crippen LogP contribution in [0.25, 0.3) is 11.3 Å². The third-order valence-electron chi connectivity index (χ3n) is 2.78. The summed E-state index contributed by atoms with van der Waals surface area (Å²) < 4.78 is 5.64. The summed E-state index contributed by atoms with van der Waals surface area (Å²) in [5, 5.41) is 2.40. The number of benzene rings is 1. The summed E-state index contributed by atoms with van der Waals surface area (Å²) in [6.45, 7) is 4.73. The zero-order chi connectivity index (χ0) is 13.7. The molecule has 2 rings (SSSR count). The fraction of sp³-hybridized carbons (Fsp3) is 0.333. The highest BCUT2D eigenvalue weighted by Gasteiger charge is 2.11. The second-order valence-electron chi connectivity index (χ2n) is 4.20. The summed E-state index contributed by atoms with van der Waals surface area (Å²) >= 11 is 1.36. The molecule has 0 fully saturated rings. The fourth-order valence-corrected chi connectivity index (χ4v) is 2.59. The van der Waals surface area contributed by atoms with E-state index in [-0.39, 0.29) is 0 Å². The van der Waals surface area contributed by atoms with Crippen molar-refractivity contribution in [2.45, 2.75) is 26.7 Å². The number of carbonyl (C=O) groups is 1. The molecule has 0 saturated heterocycles. The lowest BCUT2D eigenvalue weighted by atomic mass is 10.0. The van der Waals surface area contributed by atoms with Crippen LogP contribution in [0.15, 0.2) is 23.6 Å². The maximum atomic E-state index is 10.7. The number of hydrogen-bond acceptors (Lipinski definition) is 4. The summed E-state index contributed by atoms with van der Waals surface area (Å²) in [6.07, 6.45) is 2.92. The number of carbonyl (C=O) groups excluding carboxylic acids is 1. The van der Waals surface area contributed by atoms with Crippen molar-refractivity contribution in [1.29, 1.82) is 0 Å². The molecule has 19 heavy (non-hydrogen) atoms. The Bertz CT molecular complexity index is 563. The fourth-order valence-electron chi connectivity index (χ4n) is 1.97. The quantitative estimate of drug-likeness (QED) is 0.749. The van der Waals surface area contributed by atoms with Crippen molar-refractivity contribution in [3.8, 4) is 17.0 Å². The summed E-state index contributed by atoms with van der Waals surface area (Å²) in [5.74, 6) is 0.824. The Balaban J connectivity index is 2.43. The van der Waals surface area contributed by atoms with Crippen LogP contribution >= 0.6 is 11.3 Å². The van der Waals surface area contributed by atoms with Gasteiger partial charge in [-0.15, -0.1) is 11.3 Å². The zero-order valence-electron chi connectivity index (χ0n) is 11.2. The van der Waals surface area contributed by atoms with E-state index < -0.39 is 0 Å². The Morgan fingerprint density at radius 3 is 2.84 bits per heavy atom. The van der Waals surface area contributed by atoms with Crippen LogP contribution in [0.5, 0.6) is 5.75 Å². The first kappa shape index (κ1) is 13.7. The van der Waals surface area contributed by atoms with Crippen molar-refractivity contribution in [2.75, 3.05) is 6.61 Å². The molecule has 1 aromatic carbocycles. The first-order chi connectivity index (χ1) is 9.28. The Morgan fingerprint density at radius 1 is 1.37 bits per heavy atom. The first-order valence-corrected chi connectivity index (χ1v) is 7.33. The average molecular weight is 275 g/mol. The molecule has 2 aromatic rings. The molecule has 0 unspecified atom stereocenters. The van der Waals surface area contributed by atoms with E-state index in [2.05, 4.69) is 24.0 Å². The van der Waals surface area contributed by atoms with Gasteiger partial charge in [0.1, 0.15) is 5.75 Å². The SMILES string of the molecule is CCCc1ccc(OCC)c(-c2csc(C=O)n2)c1. The van der Waals surface area contributed by atoms with Crippen molar-refractivity contribution >= 4 is 17.6 Å². The Labute approximate surface area is 117 Å². The van der Waals surface area contributed by atoms with Gasteiger partial charge in [-0.05, 0) is 31.0 Å². The molecule has 0 bridgehead atoms. The van der Waals surface area contributed by atoms with Crippen LogP contribution in [0.2, 0.25) is 0 Å². The number of thiazole rings is 1. The molecule has 1 heterocycles. The minimum atomic E-state index is 0.498. The predicted molar refractivity (Wildman–Crippen MR) is 78.1 cm³/mol. The first-order valence-electron chi connectivity index (χ1n) is 6.45. The molecule has 0 amide bonds. The molecule has 4 heteroatoms. The van der Waals surface area contributed by atoms with Crippen LogP contribution in [-0.2, 0) is 6.42 Å². The van der Waals surface area contributed by atoms with Crippen molar-refractivity contribution in [3.05, 3.63) is 34.2 Å². The molecule has 0 aliphatic carbocycles. The van der Waals surface area contributed by atoms with E-state index in [1.807, 2.05) is 18.4 Å². The largest absolute Gasteiger partial charge is 0.493 e. The highest BCUT2D eigenvalue weighted by atomic mass is 32.1. The summed E-state index contributed by atoms with van der Waals surface area (Å²) in [7, 11) is 0. The van der Waals surface area contributed by atoms with Gasteiger partial charge in [0.25, 0.3) is 0 Å². The van der Waals surface area contributed by atoms with Crippen molar-refractivity contribution in [1.82, 2.24) is 4.98 Å². The third kappa shape index (κ3) is 3.20. The minimum Gasteiger partial charge on any atom is -0.493 e. The number of aromatic nitrogens is 1. The summed E-state index contributed by atoms with van der Waals surface area (Å²) in [6, 6.07) is 6.19. The second kappa shape index (κ2) is 6.48. The maximum Gasteiger partial charge on any atom is 0.178 e. The topological polar surface area (TPSA) is 39.2 Å². The third-order valence-corrected chi connectivity index (χ3v) is 3.55. The van der Waals surface area contributed by atoms with Crippen LogP contribution < -0.4 is 4.74 Å². The molecular formula is C15H17NO2S. The van der Waals surface area contributed by atoms with E-state index in [9.17, 15) is 4.79 Å². The molecular weight excluding hydrogens is 258 g/mol. The number of hydrogen-bond donors (Lipinski definition) is 0. The van der Waals surface area contributed by atoms with E-state index in [0.717, 1.165) is 36.1 Å². The standard InChI is InChI=1S/C15H17NO2S/c1-3-5-11-6-7-14(18-4-2)12(8-11)13-10-19-15(9-17)16-13/h6-10H,3-5H2,1-2H3. The molecule has 0 spiro atoms. The van der Waals surface area contributed by atoms with Gasteiger partial charge in [-0.2, -0.15) is 0 Å². The second-order valence-corrected chi connectivity index (χ2v) is 5.09. The smallest absolute Gasteiger partial charge is 0.178 e. The van der Waals surface area contributed by atoms with Crippen LogP contribution in [0, 0.1) is 0 Å². The minimum absolute atomic E-state index is 0.498. The van der Waals surface area contributed by atoms with Gasteiger partial charge < -0.3 is 4.74 Å². The molecule has 0 atom stereocenters. The number of ether oxygens (including phenoxy) is 1. The number of aldehydes is 1. The molecule has 0 aliphatic heterocycles. The van der Waals surface area contributed by atoms with Gasteiger partial charge in [-0.3, -0.25) is 4.79 Å². The zero-order valence-corrected chi connectivity index (χ0v) is 12.0. The number of aryl methyl sites for hydroxylation is 1. The van der Waals surface area contributed by atoms with Crippen molar-refractivity contribution < 1.29 is 9.53 Å². The Kier molecular flexibility index (Phi) is 4.68. The summed E-state index contributed by atoms with van der Waals surface area (Å²) in [4.78, 5) is 15.1. The normalized spacial score (nSPS) is 10.4. The van der Waals surface area contributed by atoms with E-state index in [0.29, 0.717) is 11.6 Å². The van der Waals surface area contributed by atoms with Gasteiger partial charge in [0.2, 0.25) is 0 Å². The van der Waals surface area contributed by atoms with Crippen LogP contribution in [0.1, 0.15) is 35.6 Å². The lowest BCUT2D eigenvalue weighted by molar-refractivity contribution is 0.112. The molecule has 100 valence electrons. The Morgan fingerprint density at radius 2 is 2.21 bits per heavy atom. The van der Waals surface area contributed by atoms with Gasteiger partial charge in [0.05, 0.1) is 12.3 Å². The molecule has 0 saturated carbocycles. The molecule has 0 N–H and O–H groups in total. The van der Waals surface area contributed by atoms with E-state index >= 15 is 0 Å². The molecule has 0 radical (unpaired) electrons. The van der Waals surface area contributed by atoms with Crippen molar-refractivity contribution in [2.24, 2.45) is 0 Å². The van der Waals surface area contributed by atoms with Crippen LogP contribution in [0.3, 0.4) is 0 Å². The molecule has 1 aromatic heterocycles. The highest BCUT2D eigenvalue weighted by Crippen LogP contribution is 2.32. The van der Waals surface area contributed by atoms with E-state index in [1.54, 1.807) is 0 Å². The lowest BCUT2D eigenvalue weighted by Gasteiger charge is -2.10. The van der Waals surface area contributed by atoms with E-state index in [4.69, 9.17) is 4.74 Å². The molecule has 0 aliphatic rings. The monoisotopic (exact) mass is 275 g/mol. The number of rotatable bonds is 6. The van der Waals surface area contributed by atoms with Gasteiger partial charge in [0, 0.05) is 10.9 Å². The van der Waals surface area contributed by atoms with E-state index in [1.165, 1.54) is 16.9 Å². The average Bonchev–Trinajstić information content (AvgIpc) is 2.90. The maximum absolute atomic E-state index is 10.7. The predicted octanol–water partition coefficient (Wildman–Crippen LogP) is 3.97. The van der Waals surface area contributed by atoms with Crippen LogP contribution in [-0.4, -0.2) is 17.9 Å². The molecule has 3 nitrogen and oxygen atoms in total. The lowest BCUT2D eigenvalue weighted by Crippen LogP contribution is -1.96. The Hall–Kier alpha value is -1.68.